The zero-order valence-electron chi connectivity index (χ0n) is 14.2. The Labute approximate surface area is 153 Å². The number of hydrogen-bond acceptors (Lipinski definition) is 9. The maximum atomic E-state index is 6.06. The molecule has 0 saturated heterocycles. The number of H-pyrrole nitrogens is 1. The molecule has 27 heavy (non-hydrogen) atoms. The molecule has 0 amide bonds. The van der Waals surface area contributed by atoms with Crippen LogP contribution in [0.2, 0.25) is 0 Å². The van der Waals surface area contributed by atoms with Crippen LogP contribution in [0.4, 0.5) is 5.82 Å². The van der Waals surface area contributed by atoms with Gasteiger partial charge >= 0.3 is 0 Å². The SMILES string of the molecule is COc1ccccc1Oc1cnc(-c2ccnc(-c3nn[nH]n3)c2)nc1N. The van der Waals surface area contributed by atoms with Crippen LogP contribution in [0.1, 0.15) is 0 Å². The number of para-hydroxylation sites is 2. The fourth-order valence-corrected chi connectivity index (χ4v) is 2.39. The number of rotatable bonds is 5. The first-order valence-corrected chi connectivity index (χ1v) is 7.88. The van der Waals surface area contributed by atoms with Gasteiger partial charge in [0.1, 0.15) is 5.69 Å². The minimum Gasteiger partial charge on any atom is -0.493 e. The number of aromatic nitrogens is 7. The summed E-state index contributed by atoms with van der Waals surface area (Å²) in [7, 11) is 1.57. The lowest BCUT2D eigenvalue weighted by molar-refractivity contribution is 0.378. The zero-order chi connectivity index (χ0) is 18.6. The molecule has 0 saturated carbocycles. The lowest BCUT2D eigenvalue weighted by Crippen LogP contribution is -2.00. The van der Waals surface area contributed by atoms with Crippen LogP contribution in [0, 0.1) is 0 Å². The standard InChI is InChI=1S/C17H14N8O2/c1-26-12-4-2-3-5-13(12)27-14-9-20-16(21-15(14)18)10-6-7-19-11(8-10)17-22-24-25-23-17/h2-9H,1H3,(H2,18,20,21)(H,22,23,24,25). The average Bonchev–Trinajstić information content (AvgIpc) is 3.25. The van der Waals surface area contributed by atoms with Gasteiger partial charge in [-0.2, -0.15) is 5.21 Å². The Balaban J connectivity index is 1.63. The van der Waals surface area contributed by atoms with Crippen LogP contribution in [0.3, 0.4) is 0 Å². The second-order valence-electron chi connectivity index (χ2n) is 5.36. The van der Waals surface area contributed by atoms with Crippen LogP contribution in [0.15, 0.2) is 48.8 Å². The maximum absolute atomic E-state index is 6.06. The van der Waals surface area contributed by atoms with Gasteiger partial charge in [-0.05, 0) is 29.5 Å². The number of pyridine rings is 1. The van der Waals surface area contributed by atoms with Crippen LogP contribution < -0.4 is 15.2 Å². The Kier molecular flexibility index (Phi) is 4.27. The number of nitrogens with two attached hydrogens (primary N) is 1. The Morgan fingerprint density at radius 1 is 1.00 bits per heavy atom. The Hall–Kier alpha value is -4.08. The van der Waals surface area contributed by atoms with Crippen molar-refractivity contribution >= 4 is 5.82 Å². The van der Waals surface area contributed by atoms with Gasteiger partial charge in [0.2, 0.25) is 5.82 Å². The van der Waals surface area contributed by atoms with Crippen molar-refractivity contribution in [2.45, 2.75) is 0 Å². The third-order valence-electron chi connectivity index (χ3n) is 3.66. The van der Waals surface area contributed by atoms with Crippen LogP contribution in [-0.2, 0) is 0 Å². The highest BCUT2D eigenvalue weighted by molar-refractivity contribution is 5.64. The maximum Gasteiger partial charge on any atom is 0.222 e. The molecule has 0 spiro atoms. The van der Waals surface area contributed by atoms with Gasteiger partial charge in [0.15, 0.2) is 28.9 Å². The molecule has 10 nitrogen and oxygen atoms in total. The first-order valence-electron chi connectivity index (χ1n) is 7.88. The van der Waals surface area contributed by atoms with Gasteiger partial charge in [0, 0.05) is 11.8 Å². The van der Waals surface area contributed by atoms with E-state index in [9.17, 15) is 0 Å². The molecule has 0 unspecified atom stereocenters. The first kappa shape index (κ1) is 16.4. The molecular weight excluding hydrogens is 348 g/mol. The van der Waals surface area contributed by atoms with Crippen molar-refractivity contribution in [1.82, 2.24) is 35.6 Å². The number of aromatic amines is 1. The Morgan fingerprint density at radius 2 is 1.85 bits per heavy atom. The molecule has 0 aliphatic heterocycles. The highest BCUT2D eigenvalue weighted by Crippen LogP contribution is 2.33. The van der Waals surface area contributed by atoms with Crippen molar-refractivity contribution in [3.05, 3.63) is 48.8 Å². The van der Waals surface area contributed by atoms with E-state index >= 15 is 0 Å². The molecule has 0 fully saturated rings. The number of tetrazole rings is 1. The molecule has 3 heterocycles. The van der Waals surface area contributed by atoms with Gasteiger partial charge in [-0.3, -0.25) is 4.98 Å². The fraction of sp³-hybridized carbons (Fsp3) is 0.0588. The third kappa shape index (κ3) is 3.35. The second kappa shape index (κ2) is 7.04. The topological polar surface area (TPSA) is 138 Å². The predicted molar refractivity (Wildman–Crippen MR) is 95.9 cm³/mol. The van der Waals surface area contributed by atoms with Gasteiger partial charge < -0.3 is 15.2 Å². The van der Waals surface area contributed by atoms with Crippen LogP contribution >= 0.6 is 0 Å². The Morgan fingerprint density at radius 3 is 2.59 bits per heavy atom. The monoisotopic (exact) mass is 362 g/mol. The van der Waals surface area contributed by atoms with E-state index in [1.54, 1.807) is 37.6 Å². The number of nitrogen functional groups attached to an aromatic ring is 1. The summed E-state index contributed by atoms with van der Waals surface area (Å²) < 4.78 is 11.1. The molecule has 0 bridgehead atoms. The van der Waals surface area contributed by atoms with E-state index < -0.39 is 0 Å². The normalized spacial score (nSPS) is 10.6. The van der Waals surface area contributed by atoms with Crippen molar-refractivity contribution in [2.75, 3.05) is 12.8 Å². The van der Waals surface area contributed by atoms with Gasteiger partial charge in [0.05, 0.1) is 13.3 Å². The predicted octanol–water partition coefficient (Wildman–Crippen LogP) is 2.10. The van der Waals surface area contributed by atoms with E-state index in [0.29, 0.717) is 40.2 Å². The number of nitrogens with one attached hydrogen (secondary N) is 1. The largest absolute Gasteiger partial charge is 0.493 e. The summed E-state index contributed by atoms with van der Waals surface area (Å²) >= 11 is 0. The van der Waals surface area contributed by atoms with E-state index in [2.05, 4.69) is 35.6 Å². The van der Waals surface area contributed by atoms with Gasteiger partial charge in [-0.25, -0.2) is 9.97 Å². The van der Waals surface area contributed by atoms with E-state index in [-0.39, 0.29) is 5.82 Å². The molecule has 0 atom stereocenters. The molecular formula is C17H14N8O2. The lowest BCUT2D eigenvalue weighted by Gasteiger charge is -2.11. The number of benzene rings is 1. The molecule has 0 aliphatic carbocycles. The minimum absolute atomic E-state index is 0.198. The number of nitrogens with zero attached hydrogens (tertiary/aromatic N) is 6. The number of hydrogen-bond donors (Lipinski definition) is 2. The van der Waals surface area contributed by atoms with E-state index in [1.165, 1.54) is 6.20 Å². The number of anilines is 1. The second-order valence-corrected chi connectivity index (χ2v) is 5.36. The molecule has 0 aliphatic rings. The molecule has 4 aromatic rings. The lowest BCUT2D eigenvalue weighted by atomic mass is 10.2. The molecule has 4 rings (SSSR count). The van der Waals surface area contributed by atoms with Crippen molar-refractivity contribution in [2.24, 2.45) is 0 Å². The summed E-state index contributed by atoms with van der Waals surface area (Å²) in [4.78, 5) is 12.9. The summed E-state index contributed by atoms with van der Waals surface area (Å²) in [6.07, 6.45) is 3.12. The van der Waals surface area contributed by atoms with Crippen molar-refractivity contribution in [3.63, 3.8) is 0 Å². The average molecular weight is 362 g/mol. The van der Waals surface area contributed by atoms with E-state index in [4.69, 9.17) is 15.2 Å². The molecule has 1 aromatic carbocycles. The summed E-state index contributed by atoms with van der Waals surface area (Å²) in [5, 5.41) is 13.7. The van der Waals surface area contributed by atoms with E-state index in [0.717, 1.165) is 0 Å². The number of ether oxygens (including phenoxy) is 2. The fourth-order valence-electron chi connectivity index (χ4n) is 2.39. The van der Waals surface area contributed by atoms with Crippen molar-refractivity contribution in [3.8, 4) is 40.2 Å². The third-order valence-corrected chi connectivity index (χ3v) is 3.66. The summed E-state index contributed by atoms with van der Waals surface area (Å²) in [5.41, 5.74) is 7.31. The molecule has 0 radical (unpaired) electrons. The quantitative estimate of drug-likeness (QED) is 0.546. The molecule has 10 heteroatoms. The van der Waals surface area contributed by atoms with Crippen LogP contribution in [-0.4, -0.2) is 42.7 Å². The van der Waals surface area contributed by atoms with Gasteiger partial charge in [0.25, 0.3) is 0 Å². The van der Waals surface area contributed by atoms with Crippen LogP contribution in [0.5, 0.6) is 17.2 Å². The number of methoxy groups -OCH3 is 1. The van der Waals surface area contributed by atoms with E-state index in [1.807, 2.05) is 12.1 Å². The van der Waals surface area contributed by atoms with Crippen molar-refractivity contribution in [1.29, 1.82) is 0 Å². The van der Waals surface area contributed by atoms with Gasteiger partial charge in [-0.15, -0.1) is 10.2 Å². The Bertz CT molecular complexity index is 1070. The van der Waals surface area contributed by atoms with Crippen molar-refractivity contribution < 1.29 is 9.47 Å². The zero-order valence-corrected chi connectivity index (χ0v) is 14.2. The highest BCUT2D eigenvalue weighted by Gasteiger charge is 2.12. The summed E-state index contributed by atoms with van der Waals surface area (Å²) in [6, 6.07) is 10.8. The summed E-state index contributed by atoms with van der Waals surface area (Å²) in [6.45, 7) is 0. The molecule has 3 N–H and O–H groups in total. The van der Waals surface area contributed by atoms with Gasteiger partial charge in [-0.1, -0.05) is 12.1 Å². The molecule has 134 valence electrons. The minimum atomic E-state index is 0.198. The highest BCUT2D eigenvalue weighted by atomic mass is 16.5. The molecule has 3 aromatic heterocycles. The summed E-state index contributed by atoms with van der Waals surface area (Å²) in [5.74, 6) is 2.43. The smallest absolute Gasteiger partial charge is 0.222 e. The van der Waals surface area contributed by atoms with Crippen LogP contribution in [0.25, 0.3) is 22.9 Å². The first-order chi connectivity index (χ1) is 13.2.